The number of aromatic nitrogens is 2. The van der Waals surface area contributed by atoms with Gasteiger partial charge in [-0.3, -0.25) is 4.57 Å². The molecule has 10 heteroatoms. The molecule has 3 aromatic carbocycles. The van der Waals surface area contributed by atoms with Crippen LogP contribution in [0.15, 0.2) is 59.5 Å². The van der Waals surface area contributed by atoms with Gasteiger partial charge in [0.2, 0.25) is 5.37 Å². The van der Waals surface area contributed by atoms with E-state index in [0.29, 0.717) is 16.9 Å². The zero-order valence-corrected chi connectivity index (χ0v) is 20.5. The summed E-state index contributed by atoms with van der Waals surface area (Å²) in [4.78, 5) is 4.66. The van der Waals surface area contributed by atoms with Crippen molar-refractivity contribution in [3.63, 3.8) is 0 Å². The number of hydrogen-bond acceptors (Lipinski definition) is 3. The third-order valence-electron chi connectivity index (χ3n) is 5.60. The van der Waals surface area contributed by atoms with Crippen LogP contribution in [0, 0.1) is 32.4 Å². The smallest absolute Gasteiger partial charge is 0.272 e. The van der Waals surface area contributed by atoms with E-state index in [4.69, 9.17) is 13.9 Å². The van der Waals surface area contributed by atoms with Gasteiger partial charge in [-0.2, -0.15) is 4.21 Å². The lowest BCUT2D eigenvalue weighted by atomic mass is 10.1. The third-order valence-corrected chi connectivity index (χ3v) is 8.39. The number of fused-ring (bicyclic) bond motifs is 3. The van der Waals surface area contributed by atoms with Crippen LogP contribution in [0.4, 0.5) is 8.78 Å². The van der Waals surface area contributed by atoms with E-state index in [1.54, 1.807) is 26.0 Å². The molecule has 4 aromatic rings. The van der Waals surface area contributed by atoms with Gasteiger partial charge in [0.05, 0.1) is 16.6 Å². The number of nitrogens with zero attached hydrogens (tertiary/aromatic N) is 2. The molecule has 0 saturated carbocycles. The Morgan fingerprint density at radius 2 is 1.68 bits per heavy atom. The molecule has 6 nitrogen and oxygen atoms in total. The molecule has 3 atom stereocenters. The highest BCUT2D eigenvalue weighted by Gasteiger charge is 2.45. The molecular weight excluding hydrogens is 480 g/mol. The molecule has 178 valence electrons. The summed E-state index contributed by atoms with van der Waals surface area (Å²) < 4.78 is 59.3. The van der Waals surface area contributed by atoms with E-state index in [0.717, 1.165) is 22.4 Å². The van der Waals surface area contributed by atoms with Gasteiger partial charge in [-0.05, 0) is 56.2 Å². The summed E-state index contributed by atoms with van der Waals surface area (Å²) in [6.07, 6.45) is 0. The SMILES string of the molecule is Cc1cc(C)c(S(=O)(O)=[OH+])c(C)c1.N[S+]1Cc2nc3ccccc3n2C1c1c(F)cccc1F. The van der Waals surface area contributed by atoms with Crippen LogP contribution in [0.3, 0.4) is 0 Å². The van der Waals surface area contributed by atoms with Crippen molar-refractivity contribution in [1.29, 1.82) is 0 Å². The summed E-state index contributed by atoms with van der Waals surface area (Å²) >= 11 is -0.683. The Morgan fingerprint density at radius 3 is 2.26 bits per heavy atom. The van der Waals surface area contributed by atoms with Gasteiger partial charge in [0, 0.05) is 0 Å². The molecule has 5 rings (SSSR count). The highest BCUT2D eigenvalue weighted by molar-refractivity contribution is 7.94. The molecule has 0 fully saturated rings. The summed E-state index contributed by atoms with van der Waals surface area (Å²) in [6.45, 7) is 5.32. The van der Waals surface area contributed by atoms with Gasteiger partial charge < -0.3 is 0 Å². The van der Waals surface area contributed by atoms with E-state index >= 15 is 0 Å². The van der Waals surface area contributed by atoms with Gasteiger partial charge >= 0.3 is 10.1 Å². The Morgan fingerprint density at radius 1 is 1.09 bits per heavy atom. The molecule has 0 aliphatic carbocycles. The van der Waals surface area contributed by atoms with E-state index in [-0.39, 0.29) is 10.5 Å². The second-order valence-electron chi connectivity index (χ2n) is 8.21. The van der Waals surface area contributed by atoms with Gasteiger partial charge in [-0.25, -0.2) is 18.3 Å². The normalized spacial score (nSPS) is 18.8. The Balaban J connectivity index is 0.000000182. The quantitative estimate of drug-likeness (QED) is 0.299. The highest BCUT2D eigenvalue weighted by atomic mass is 32.2. The number of para-hydroxylation sites is 2. The third kappa shape index (κ3) is 4.46. The molecule has 4 N–H and O–H groups in total. The van der Waals surface area contributed by atoms with Crippen LogP contribution in [0.5, 0.6) is 0 Å². The average molecular weight is 506 g/mol. The van der Waals surface area contributed by atoms with Crippen LogP contribution in [0.25, 0.3) is 11.0 Å². The van der Waals surface area contributed by atoms with Crippen molar-refractivity contribution in [3.05, 3.63) is 94.3 Å². The van der Waals surface area contributed by atoms with E-state index in [1.807, 2.05) is 35.8 Å². The number of aryl methyl sites for hydroxylation is 3. The van der Waals surface area contributed by atoms with Gasteiger partial charge in [0.1, 0.15) is 22.7 Å². The fourth-order valence-corrected chi connectivity index (χ4v) is 7.08. The minimum absolute atomic E-state index is 0.0326. The van der Waals surface area contributed by atoms with Gasteiger partial charge in [-0.1, -0.05) is 35.9 Å². The first-order chi connectivity index (χ1) is 16.0. The molecule has 0 amide bonds. The Hall–Kier alpha value is -2.79. The standard InChI is InChI=1S/C15H12F2N3S.C9H12O3S/c16-9-4-3-5-10(17)14(9)15-20-12-7-2-1-6-11(12)19-13(20)8-21(15)18;1-6-4-7(2)9(8(3)5-6)13(10,11)12/h1-7,15H,8,18H2;4-5H,1-3H3,(H,10,11,12)/q+1;/p+1. The predicted octanol–water partition coefficient (Wildman–Crippen LogP) is 4.88. The minimum Gasteiger partial charge on any atom is -0.272 e. The second-order valence-corrected chi connectivity index (χ2v) is 11.3. The largest absolute Gasteiger partial charge is 0.435 e. The summed E-state index contributed by atoms with van der Waals surface area (Å²) in [6, 6.07) is 15.0. The van der Waals surface area contributed by atoms with Crippen LogP contribution in [0.1, 0.15) is 33.5 Å². The van der Waals surface area contributed by atoms with Crippen molar-refractivity contribution in [1.82, 2.24) is 9.55 Å². The molecule has 3 unspecified atom stereocenters. The maximum atomic E-state index is 14.2. The molecule has 0 radical (unpaired) electrons. The first-order valence-corrected chi connectivity index (χ1v) is 13.4. The monoisotopic (exact) mass is 505 g/mol. The molecule has 1 aliphatic heterocycles. The predicted molar refractivity (Wildman–Crippen MR) is 131 cm³/mol. The van der Waals surface area contributed by atoms with Crippen LogP contribution in [-0.2, 0) is 27.0 Å². The number of halogens is 2. The highest BCUT2D eigenvalue weighted by Crippen LogP contribution is 2.39. The summed E-state index contributed by atoms with van der Waals surface area (Å²) in [7, 11) is -3.83. The Kier molecular flexibility index (Phi) is 6.52. The lowest BCUT2D eigenvalue weighted by Crippen LogP contribution is -2.24. The molecule has 2 heterocycles. The van der Waals surface area contributed by atoms with Crippen molar-refractivity contribution >= 4 is 32.2 Å². The molecule has 34 heavy (non-hydrogen) atoms. The molecular formula is C24H25F2N3O3S2+2. The van der Waals surface area contributed by atoms with E-state index in [2.05, 4.69) is 4.98 Å². The Bertz CT molecular complexity index is 1460. The number of rotatable bonds is 2. The van der Waals surface area contributed by atoms with Crippen LogP contribution < -0.4 is 5.14 Å². The van der Waals surface area contributed by atoms with Gasteiger partial charge in [-0.15, -0.1) is 9.35 Å². The lowest BCUT2D eigenvalue weighted by Gasteiger charge is -2.13. The molecule has 0 bridgehead atoms. The van der Waals surface area contributed by atoms with Gasteiger partial charge in [0.25, 0.3) is 0 Å². The van der Waals surface area contributed by atoms with Crippen molar-refractivity contribution in [2.24, 2.45) is 5.14 Å². The van der Waals surface area contributed by atoms with Crippen LogP contribution in [-0.4, -0.2) is 22.5 Å². The van der Waals surface area contributed by atoms with E-state index < -0.39 is 38.2 Å². The summed E-state index contributed by atoms with van der Waals surface area (Å²) in [5.74, 6) is 0.199. The number of benzene rings is 3. The number of nitrogens with two attached hydrogens (primary N) is 1. The zero-order chi connectivity index (χ0) is 24.8. The maximum Gasteiger partial charge on any atom is 0.435 e. The molecule has 1 aliphatic rings. The van der Waals surface area contributed by atoms with E-state index in [1.165, 1.54) is 18.2 Å². The van der Waals surface area contributed by atoms with Crippen molar-refractivity contribution in [2.45, 2.75) is 36.8 Å². The first kappa shape index (κ1) is 24.3. The van der Waals surface area contributed by atoms with Crippen molar-refractivity contribution < 1.29 is 21.8 Å². The zero-order valence-electron chi connectivity index (χ0n) is 18.8. The summed E-state index contributed by atoms with van der Waals surface area (Å²) in [5.41, 5.74) is 4.03. The molecule has 0 spiro atoms. The van der Waals surface area contributed by atoms with Crippen LogP contribution in [0.2, 0.25) is 0 Å². The van der Waals surface area contributed by atoms with E-state index in [9.17, 15) is 13.0 Å². The van der Waals surface area contributed by atoms with Crippen molar-refractivity contribution in [3.8, 4) is 0 Å². The summed E-state index contributed by atoms with van der Waals surface area (Å²) in [5, 5.41) is 5.63. The van der Waals surface area contributed by atoms with Crippen molar-refractivity contribution in [2.75, 3.05) is 0 Å². The first-order valence-electron chi connectivity index (χ1n) is 10.4. The minimum atomic E-state index is -3.83. The second kappa shape index (κ2) is 9.10. The van der Waals surface area contributed by atoms with Gasteiger partial charge in [0.15, 0.2) is 16.5 Å². The number of hydrogen-bond donors (Lipinski definition) is 2. The molecule has 1 aromatic heterocycles. The average Bonchev–Trinajstić information content (AvgIpc) is 3.21. The topological polar surface area (TPSA) is 103 Å². The fourth-order valence-electron chi connectivity index (χ4n) is 4.43. The molecule has 0 saturated heterocycles. The van der Waals surface area contributed by atoms with Crippen LogP contribution >= 0.6 is 0 Å². The lowest BCUT2D eigenvalue weighted by molar-refractivity contribution is 0.493. The Labute approximate surface area is 199 Å². The maximum absolute atomic E-state index is 14.2. The number of imidazole rings is 1. The fraction of sp³-hybridized carbons (Fsp3) is 0.208.